The largest absolute Gasteiger partial charge is 0.493 e. The normalized spacial score (nSPS) is 10.9. The molecular formula is C32H26BrClN2O5. The fourth-order valence-corrected chi connectivity index (χ4v) is 4.52. The van der Waals surface area contributed by atoms with E-state index in [4.69, 9.17) is 30.5 Å². The molecule has 4 rings (SSSR count). The molecule has 0 atom stereocenters. The van der Waals surface area contributed by atoms with Gasteiger partial charge in [0.15, 0.2) is 23.0 Å². The van der Waals surface area contributed by atoms with E-state index < -0.39 is 5.91 Å². The molecule has 0 aliphatic carbocycles. The first-order valence-corrected chi connectivity index (χ1v) is 13.6. The van der Waals surface area contributed by atoms with E-state index >= 15 is 0 Å². The van der Waals surface area contributed by atoms with Gasteiger partial charge in [-0.3, -0.25) is 4.79 Å². The third-order valence-electron chi connectivity index (χ3n) is 5.88. The van der Waals surface area contributed by atoms with Crippen molar-refractivity contribution in [2.45, 2.75) is 13.2 Å². The molecule has 0 aromatic heterocycles. The molecular weight excluding hydrogens is 608 g/mol. The molecule has 0 aliphatic heterocycles. The highest BCUT2D eigenvalue weighted by Crippen LogP contribution is 2.38. The van der Waals surface area contributed by atoms with Crippen molar-refractivity contribution in [3.05, 3.63) is 117 Å². The summed E-state index contributed by atoms with van der Waals surface area (Å²) in [6, 6.07) is 27.5. The second-order valence-corrected chi connectivity index (χ2v) is 10.0. The van der Waals surface area contributed by atoms with Gasteiger partial charge in [-0.1, -0.05) is 48.0 Å². The highest BCUT2D eigenvalue weighted by molar-refractivity contribution is 9.10. The number of hydrogen-bond acceptors (Lipinski definition) is 6. The molecule has 1 amide bonds. The van der Waals surface area contributed by atoms with Gasteiger partial charge in [-0.2, -0.15) is 5.26 Å². The molecule has 0 bridgehead atoms. The minimum Gasteiger partial charge on any atom is -0.493 e. The predicted molar refractivity (Wildman–Crippen MR) is 162 cm³/mol. The van der Waals surface area contributed by atoms with Gasteiger partial charge in [0.2, 0.25) is 0 Å². The zero-order valence-corrected chi connectivity index (χ0v) is 24.7. The molecule has 7 nitrogen and oxygen atoms in total. The molecule has 208 valence electrons. The van der Waals surface area contributed by atoms with Gasteiger partial charge < -0.3 is 24.3 Å². The van der Waals surface area contributed by atoms with Crippen LogP contribution >= 0.6 is 27.5 Å². The number of hydrogen-bond donors (Lipinski definition) is 1. The number of amides is 1. The molecule has 1 N–H and O–H groups in total. The van der Waals surface area contributed by atoms with E-state index in [1.54, 1.807) is 43.5 Å². The highest BCUT2D eigenvalue weighted by atomic mass is 79.9. The van der Waals surface area contributed by atoms with Crippen LogP contribution in [0.25, 0.3) is 6.08 Å². The first-order valence-electron chi connectivity index (χ1n) is 12.4. The summed E-state index contributed by atoms with van der Waals surface area (Å²) in [5.74, 6) is 1.57. The van der Waals surface area contributed by atoms with Crippen LogP contribution in [-0.2, 0) is 18.0 Å². The standard InChI is InChI=1S/C32H26BrClN2O5/c1-38-29-16-22(8-13-28(29)40-19-21-6-4-3-5-7-21)20-41-31-27(33)15-23(17-30(31)39-2)14-24(18-35)32(37)36-26-11-9-25(34)10-12-26/h3-17H,19-20H2,1-2H3,(H,36,37)/b24-14-. The molecule has 0 unspecified atom stereocenters. The summed E-state index contributed by atoms with van der Waals surface area (Å²) in [5, 5.41) is 12.8. The van der Waals surface area contributed by atoms with E-state index in [0.717, 1.165) is 11.1 Å². The average Bonchev–Trinajstić information content (AvgIpc) is 2.99. The summed E-state index contributed by atoms with van der Waals surface area (Å²) < 4.78 is 23.7. The Kier molecular flexibility index (Phi) is 10.3. The second kappa shape index (κ2) is 14.3. The number of rotatable bonds is 11. The Morgan fingerprint density at radius 2 is 1.59 bits per heavy atom. The van der Waals surface area contributed by atoms with Crippen molar-refractivity contribution in [3.8, 4) is 29.1 Å². The lowest BCUT2D eigenvalue weighted by molar-refractivity contribution is -0.112. The van der Waals surface area contributed by atoms with Crippen molar-refractivity contribution in [1.29, 1.82) is 5.26 Å². The molecule has 0 radical (unpaired) electrons. The highest BCUT2D eigenvalue weighted by Gasteiger charge is 2.15. The number of nitrogens with one attached hydrogen (secondary N) is 1. The van der Waals surface area contributed by atoms with E-state index in [9.17, 15) is 10.1 Å². The number of nitriles is 1. The average molecular weight is 634 g/mol. The molecule has 0 spiro atoms. The van der Waals surface area contributed by atoms with Crippen LogP contribution < -0.4 is 24.3 Å². The van der Waals surface area contributed by atoms with Crippen molar-refractivity contribution < 1.29 is 23.7 Å². The number of carbonyl (C=O) groups excluding carboxylic acids is 1. The van der Waals surface area contributed by atoms with Crippen molar-refractivity contribution in [2.75, 3.05) is 19.5 Å². The number of nitrogens with zero attached hydrogens (tertiary/aromatic N) is 1. The Bertz CT molecular complexity index is 1580. The quantitative estimate of drug-likeness (QED) is 0.134. The zero-order valence-electron chi connectivity index (χ0n) is 22.3. The first kappa shape index (κ1) is 29.5. The maximum absolute atomic E-state index is 12.7. The SMILES string of the molecule is COc1cc(COc2c(Br)cc(/C=C(/C#N)C(=O)Nc3ccc(Cl)cc3)cc2OC)ccc1OCc1ccccc1. The Morgan fingerprint density at radius 1 is 0.878 bits per heavy atom. The Hall–Kier alpha value is -4.45. The topological polar surface area (TPSA) is 89.8 Å². The fraction of sp³-hybridized carbons (Fsp3) is 0.125. The number of methoxy groups -OCH3 is 2. The lowest BCUT2D eigenvalue weighted by atomic mass is 10.1. The molecule has 4 aromatic rings. The molecule has 4 aromatic carbocycles. The van der Waals surface area contributed by atoms with E-state index in [1.165, 1.54) is 13.2 Å². The van der Waals surface area contributed by atoms with Crippen molar-refractivity contribution in [2.24, 2.45) is 0 Å². The first-order chi connectivity index (χ1) is 19.9. The van der Waals surface area contributed by atoms with E-state index in [0.29, 0.717) is 50.4 Å². The summed E-state index contributed by atoms with van der Waals surface area (Å²) >= 11 is 9.43. The minimum atomic E-state index is -0.546. The molecule has 0 fully saturated rings. The van der Waals surface area contributed by atoms with Crippen LogP contribution in [0.2, 0.25) is 5.02 Å². The second-order valence-electron chi connectivity index (χ2n) is 8.71. The number of ether oxygens (including phenoxy) is 4. The van der Waals surface area contributed by atoms with Crippen molar-refractivity contribution in [3.63, 3.8) is 0 Å². The Balaban J connectivity index is 1.46. The summed E-state index contributed by atoms with van der Waals surface area (Å²) in [7, 11) is 3.11. The number of carbonyl (C=O) groups is 1. The van der Waals surface area contributed by atoms with Gasteiger partial charge in [0.1, 0.15) is 24.9 Å². The third kappa shape index (κ3) is 8.04. The summed E-state index contributed by atoms with van der Waals surface area (Å²) in [6.45, 7) is 0.653. The van der Waals surface area contributed by atoms with Gasteiger partial charge in [-0.15, -0.1) is 0 Å². The van der Waals surface area contributed by atoms with Gasteiger partial charge in [-0.05, 0) is 87.2 Å². The fourth-order valence-electron chi connectivity index (χ4n) is 3.82. The molecule has 41 heavy (non-hydrogen) atoms. The van der Waals surface area contributed by atoms with Crippen LogP contribution in [0.4, 0.5) is 5.69 Å². The Morgan fingerprint density at radius 3 is 2.27 bits per heavy atom. The lowest BCUT2D eigenvalue weighted by Gasteiger charge is -2.15. The summed E-state index contributed by atoms with van der Waals surface area (Å²) in [5.41, 5.74) is 2.93. The van der Waals surface area contributed by atoms with Gasteiger partial charge in [0.25, 0.3) is 5.91 Å². The number of benzene rings is 4. The van der Waals surface area contributed by atoms with Crippen LogP contribution in [0.5, 0.6) is 23.0 Å². The molecule has 9 heteroatoms. The number of halogens is 2. The zero-order chi connectivity index (χ0) is 29.2. The van der Waals surface area contributed by atoms with Crippen LogP contribution in [0.1, 0.15) is 16.7 Å². The molecule has 0 aliphatic rings. The van der Waals surface area contributed by atoms with Crippen LogP contribution in [0, 0.1) is 11.3 Å². The minimum absolute atomic E-state index is 0.0794. The smallest absolute Gasteiger partial charge is 0.266 e. The van der Waals surface area contributed by atoms with Crippen molar-refractivity contribution >= 4 is 45.2 Å². The van der Waals surface area contributed by atoms with E-state index in [-0.39, 0.29) is 12.2 Å². The van der Waals surface area contributed by atoms with Gasteiger partial charge in [0.05, 0.1) is 18.7 Å². The van der Waals surface area contributed by atoms with Crippen LogP contribution in [0.15, 0.2) is 95.0 Å². The number of anilines is 1. The van der Waals surface area contributed by atoms with Crippen LogP contribution in [-0.4, -0.2) is 20.1 Å². The van der Waals surface area contributed by atoms with Crippen molar-refractivity contribution in [1.82, 2.24) is 0 Å². The van der Waals surface area contributed by atoms with Gasteiger partial charge in [0, 0.05) is 10.7 Å². The van der Waals surface area contributed by atoms with Crippen LogP contribution in [0.3, 0.4) is 0 Å². The predicted octanol–water partition coefficient (Wildman–Crippen LogP) is 7.82. The molecule has 0 heterocycles. The molecule has 0 saturated heterocycles. The maximum Gasteiger partial charge on any atom is 0.266 e. The summed E-state index contributed by atoms with van der Waals surface area (Å²) in [4.78, 5) is 12.7. The monoisotopic (exact) mass is 632 g/mol. The molecule has 0 saturated carbocycles. The lowest BCUT2D eigenvalue weighted by Crippen LogP contribution is -2.13. The van der Waals surface area contributed by atoms with E-state index in [2.05, 4.69) is 21.2 Å². The Labute approximate surface area is 252 Å². The maximum atomic E-state index is 12.7. The van der Waals surface area contributed by atoms with Gasteiger partial charge >= 0.3 is 0 Å². The van der Waals surface area contributed by atoms with E-state index in [1.807, 2.05) is 54.6 Å². The summed E-state index contributed by atoms with van der Waals surface area (Å²) in [6.07, 6.45) is 1.47. The third-order valence-corrected chi connectivity index (χ3v) is 6.72. The van der Waals surface area contributed by atoms with Gasteiger partial charge in [-0.25, -0.2) is 0 Å².